The second-order valence-corrected chi connectivity index (χ2v) is 5.92. The van der Waals surface area contributed by atoms with E-state index in [2.05, 4.69) is 0 Å². The highest BCUT2D eigenvalue weighted by atomic mass is 32.2. The van der Waals surface area contributed by atoms with E-state index in [0.717, 1.165) is 11.8 Å². The van der Waals surface area contributed by atoms with Crippen LogP contribution in [0.5, 0.6) is 0 Å². The fraction of sp³-hybridized carbons (Fsp3) is 0.636. The molecule has 19 heavy (non-hydrogen) atoms. The molecular weight excluding hydrogens is 292 g/mol. The average Bonchev–Trinajstić information content (AvgIpc) is 2.33. The van der Waals surface area contributed by atoms with E-state index < -0.39 is 17.2 Å². The van der Waals surface area contributed by atoms with Gasteiger partial charge in [-0.3, -0.25) is 19.2 Å². The number of ketones is 1. The van der Waals surface area contributed by atoms with Crippen molar-refractivity contribution in [1.82, 2.24) is 0 Å². The standard InChI is InChI=1S/C11H15O6S2/c12-7-9(19-6-3-11(16)17)8(13)1-4-18-5-2-10(14)15/h9H,1-6H2,(H,14,15)(H,16,17). The maximum atomic E-state index is 11.6. The average molecular weight is 307 g/mol. The summed E-state index contributed by atoms with van der Waals surface area (Å²) in [7, 11) is 0. The van der Waals surface area contributed by atoms with Crippen molar-refractivity contribution in [2.24, 2.45) is 0 Å². The van der Waals surface area contributed by atoms with Crippen LogP contribution in [0.25, 0.3) is 0 Å². The van der Waals surface area contributed by atoms with Gasteiger partial charge in [0.05, 0.1) is 12.8 Å². The molecule has 0 heterocycles. The van der Waals surface area contributed by atoms with Gasteiger partial charge < -0.3 is 10.2 Å². The Morgan fingerprint density at radius 2 is 1.47 bits per heavy atom. The zero-order chi connectivity index (χ0) is 14.7. The molecule has 1 unspecified atom stereocenters. The first-order valence-electron chi connectivity index (χ1n) is 5.50. The van der Waals surface area contributed by atoms with Crippen molar-refractivity contribution in [2.45, 2.75) is 24.5 Å². The summed E-state index contributed by atoms with van der Waals surface area (Å²) in [4.78, 5) is 42.7. The van der Waals surface area contributed by atoms with Crippen molar-refractivity contribution < 1.29 is 29.4 Å². The summed E-state index contributed by atoms with van der Waals surface area (Å²) in [6.07, 6.45) is 1.69. The summed E-state index contributed by atoms with van der Waals surface area (Å²) in [6, 6.07) is 0. The van der Waals surface area contributed by atoms with Crippen molar-refractivity contribution in [3.8, 4) is 0 Å². The van der Waals surface area contributed by atoms with Gasteiger partial charge in [0.2, 0.25) is 6.29 Å². The highest BCUT2D eigenvalue weighted by molar-refractivity contribution is 8.01. The van der Waals surface area contributed by atoms with Gasteiger partial charge in [-0.05, 0) is 0 Å². The minimum atomic E-state index is -0.978. The van der Waals surface area contributed by atoms with Gasteiger partial charge in [-0.25, -0.2) is 0 Å². The zero-order valence-corrected chi connectivity index (χ0v) is 11.8. The molecule has 1 radical (unpaired) electrons. The molecule has 107 valence electrons. The first-order valence-corrected chi connectivity index (χ1v) is 7.71. The molecule has 6 nitrogen and oxygen atoms in total. The van der Waals surface area contributed by atoms with Crippen molar-refractivity contribution in [1.29, 1.82) is 0 Å². The van der Waals surface area contributed by atoms with Crippen LogP contribution in [0.1, 0.15) is 19.3 Å². The molecule has 0 aliphatic carbocycles. The highest BCUT2D eigenvalue weighted by Gasteiger charge is 2.18. The first kappa shape index (κ1) is 18.0. The van der Waals surface area contributed by atoms with Gasteiger partial charge in [0.1, 0.15) is 5.25 Å². The minimum absolute atomic E-state index is 0.0372. The SMILES string of the molecule is O=[C]C(SCCC(=O)O)C(=O)CCSCCC(=O)O. The lowest BCUT2D eigenvalue weighted by Crippen LogP contribution is -2.20. The van der Waals surface area contributed by atoms with Crippen LogP contribution in [-0.2, 0) is 19.2 Å². The molecule has 0 bridgehead atoms. The quantitative estimate of drug-likeness (QED) is 0.403. The fourth-order valence-electron chi connectivity index (χ4n) is 1.02. The van der Waals surface area contributed by atoms with Gasteiger partial charge in [-0.15, -0.1) is 11.8 Å². The molecule has 0 aromatic heterocycles. The van der Waals surface area contributed by atoms with Crippen LogP contribution in [0, 0.1) is 0 Å². The van der Waals surface area contributed by atoms with Crippen molar-refractivity contribution in [3.05, 3.63) is 0 Å². The molecular formula is C11H15O6S2. The highest BCUT2D eigenvalue weighted by Crippen LogP contribution is 2.15. The number of aliphatic carboxylic acids is 2. The number of Topliss-reactive ketones (excluding diaryl/α,β-unsaturated/α-hetero) is 1. The molecule has 1 atom stereocenters. The molecule has 8 heteroatoms. The number of carbonyl (C=O) groups excluding carboxylic acids is 2. The van der Waals surface area contributed by atoms with E-state index in [1.165, 1.54) is 11.8 Å². The van der Waals surface area contributed by atoms with Crippen LogP contribution in [-0.4, -0.2) is 56.7 Å². The molecule has 0 fully saturated rings. The Morgan fingerprint density at radius 3 is 2.00 bits per heavy atom. The number of carboxylic acids is 2. The maximum Gasteiger partial charge on any atom is 0.304 e. The molecule has 0 aliphatic heterocycles. The molecule has 0 saturated heterocycles. The summed E-state index contributed by atoms with van der Waals surface area (Å²) < 4.78 is 0. The third kappa shape index (κ3) is 10.6. The van der Waals surface area contributed by atoms with Crippen LogP contribution in [0.3, 0.4) is 0 Å². The van der Waals surface area contributed by atoms with Gasteiger partial charge in [-0.2, -0.15) is 11.8 Å². The van der Waals surface area contributed by atoms with Gasteiger partial charge in [0, 0.05) is 23.7 Å². The molecule has 2 N–H and O–H groups in total. The Morgan fingerprint density at radius 1 is 0.947 bits per heavy atom. The van der Waals surface area contributed by atoms with Gasteiger partial charge in [-0.1, -0.05) is 0 Å². The van der Waals surface area contributed by atoms with Crippen molar-refractivity contribution >= 4 is 47.5 Å². The lowest BCUT2D eigenvalue weighted by atomic mass is 10.2. The molecule has 0 aromatic carbocycles. The minimum Gasteiger partial charge on any atom is -0.481 e. The van der Waals surface area contributed by atoms with E-state index in [1.807, 2.05) is 0 Å². The van der Waals surface area contributed by atoms with Crippen molar-refractivity contribution in [2.75, 3.05) is 17.3 Å². The van der Waals surface area contributed by atoms with E-state index in [0.29, 0.717) is 11.5 Å². The lowest BCUT2D eigenvalue weighted by Gasteiger charge is -2.07. The molecule has 0 aliphatic rings. The van der Waals surface area contributed by atoms with Crippen molar-refractivity contribution in [3.63, 3.8) is 0 Å². The van der Waals surface area contributed by atoms with Crippen LogP contribution >= 0.6 is 23.5 Å². The van der Waals surface area contributed by atoms with Crippen LogP contribution in [0.4, 0.5) is 0 Å². The normalized spacial score (nSPS) is 11.8. The van der Waals surface area contributed by atoms with Gasteiger partial charge >= 0.3 is 11.9 Å². The second-order valence-electron chi connectivity index (χ2n) is 3.48. The fourth-order valence-corrected chi connectivity index (χ4v) is 2.79. The summed E-state index contributed by atoms with van der Waals surface area (Å²) in [6.45, 7) is 0. The smallest absolute Gasteiger partial charge is 0.304 e. The molecule has 0 amide bonds. The predicted molar refractivity (Wildman–Crippen MR) is 73.4 cm³/mol. The first-order chi connectivity index (χ1) is 8.97. The summed E-state index contributed by atoms with van der Waals surface area (Å²) in [5.41, 5.74) is 0. The molecule has 0 spiro atoms. The topological polar surface area (TPSA) is 109 Å². The lowest BCUT2D eigenvalue weighted by molar-refractivity contribution is -0.137. The van der Waals surface area contributed by atoms with Crippen LogP contribution in [0.2, 0.25) is 0 Å². The Hall–Kier alpha value is -1.02. The summed E-state index contributed by atoms with van der Waals surface area (Å²) >= 11 is 2.30. The Bertz CT molecular complexity index is 331. The zero-order valence-electron chi connectivity index (χ0n) is 10.2. The largest absolute Gasteiger partial charge is 0.481 e. The Kier molecular flexibility index (Phi) is 10.3. The maximum absolute atomic E-state index is 11.6. The van der Waals surface area contributed by atoms with E-state index in [1.54, 1.807) is 6.29 Å². The van der Waals surface area contributed by atoms with Crippen LogP contribution < -0.4 is 0 Å². The number of hydrogen-bond donors (Lipinski definition) is 2. The predicted octanol–water partition coefficient (Wildman–Crippen LogP) is 0.840. The molecule has 0 rings (SSSR count). The Labute approximate surface area is 119 Å². The van der Waals surface area contributed by atoms with Crippen LogP contribution in [0.15, 0.2) is 0 Å². The van der Waals surface area contributed by atoms with E-state index >= 15 is 0 Å². The number of carbonyl (C=O) groups is 3. The summed E-state index contributed by atoms with van der Waals surface area (Å²) in [5.74, 6) is -1.11. The van der Waals surface area contributed by atoms with E-state index in [4.69, 9.17) is 10.2 Å². The number of hydrogen-bond acceptors (Lipinski definition) is 6. The molecule has 0 saturated carbocycles. The third-order valence-corrected chi connectivity index (χ3v) is 4.07. The van der Waals surface area contributed by atoms with E-state index in [-0.39, 0.29) is 30.8 Å². The monoisotopic (exact) mass is 307 g/mol. The second kappa shape index (κ2) is 10.9. The van der Waals surface area contributed by atoms with E-state index in [9.17, 15) is 19.2 Å². The third-order valence-electron chi connectivity index (χ3n) is 1.95. The molecule has 0 aromatic rings. The summed E-state index contributed by atoms with van der Waals surface area (Å²) in [5, 5.41) is 15.9. The van der Waals surface area contributed by atoms with Gasteiger partial charge in [0.25, 0.3) is 0 Å². The number of rotatable bonds is 12. The number of carboxylic acid groups (broad SMARTS) is 2. The number of thioether (sulfide) groups is 2. The Balaban J connectivity index is 3.78. The van der Waals surface area contributed by atoms with Gasteiger partial charge in [0.15, 0.2) is 5.78 Å².